The van der Waals surface area contributed by atoms with E-state index in [0.717, 1.165) is 12.4 Å². The zero-order valence-corrected chi connectivity index (χ0v) is 10.9. The van der Waals surface area contributed by atoms with Gasteiger partial charge in [0.2, 0.25) is 0 Å². The number of carbonyl (C=O) groups is 1. The number of nitrogens with zero attached hydrogens (tertiary/aromatic N) is 1. The molecule has 0 saturated carbocycles. The number of hydrogen-bond donors (Lipinski definition) is 3. The van der Waals surface area contributed by atoms with Crippen molar-refractivity contribution in [1.29, 1.82) is 0 Å². The van der Waals surface area contributed by atoms with E-state index in [9.17, 15) is 4.79 Å². The lowest BCUT2D eigenvalue weighted by Crippen LogP contribution is -2.36. The third-order valence-corrected chi connectivity index (χ3v) is 3.77. The second-order valence-corrected chi connectivity index (χ2v) is 4.95. The molecule has 0 aromatic rings. The Morgan fingerprint density at radius 2 is 2.42 bits per heavy atom. The number of fused-ring (bicyclic) bond motifs is 1. The zero-order valence-electron chi connectivity index (χ0n) is 10.9. The van der Waals surface area contributed by atoms with Crippen molar-refractivity contribution in [2.24, 2.45) is 22.7 Å². The first-order chi connectivity index (χ1) is 9.29. The molecule has 5 heteroatoms. The number of allylic oxidation sites excluding steroid dienone is 1. The van der Waals surface area contributed by atoms with Gasteiger partial charge in [0, 0.05) is 31.1 Å². The summed E-state index contributed by atoms with van der Waals surface area (Å²) in [5.74, 6) is 1.99. The maximum Gasteiger partial charge on any atom is 0.267 e. The highest BCUT2D eigenvalue weighted by molar-refractivity contribution is 5.93. The van der Waals surface area contributed by atoms with Crippen LogP contribution in [0, 0.1) is 17.8 Å². The molecular formula is C14H18N4O. The van der Waals surface area contributed by atoms with E-state index in [4.69, 9.17) is 0 Å². The number of amides is 1. The Labute approximate surface area is 112 Å². The minimum atomic E-state index is -0.0150. The van der Waals surface area contributed by atoms with Crippen molar-refractivity contribution in [3.8, 4) is 0 Å². The Balaban J connectivity index is 1.75. The lowest BCUT2D eigenvalue weighted by atomic mass is 9.80. The minimum absolute atomic E-state index is 0.0150. The number of amidine groups is 1. The Bertz CT molecular complexity index is 504. The predicted octanol–water partition coefficient (Wildman–Crippen LogP) is 0.501. The van der Waals surface area contributed by atoms with Gasteiger partial charge in [-0.2, -0.15) is 0 Å². The number of nitrogens with one attached hydrogen (secondary N) is 3. The second kappa shape index (κ2) is 4.91. The average Bonchev–Trinajstić information content (AvgIpc) is 3.07. The highest BCUT2D eigenvalue weighted by Gasteiger charge is 2.35. The topological polar surface area (TPSA) is 65.5 Å². The van der Waals surface area contributed by atoms with Crippen molar-refractivity contribution in [2.75, 3.05) is 13.1 Å². The van der Waals surface area contributed by atoms with Crippen LogP contribution in [0.1, 0.15) is 6.92 Å². The smallest absolute Gasteiger partial charge is 0.267 e. The summed E-state index contributed by atoms with van der Waals surface area (Å²) in [4.78, 5) is 16.1. The first-order valence-electron chi connectivity index (χ1n) is 6.71. The fourth-order valence-electron chi connectivity index (χ4n) is 2.83. The fourth-order valence-corrected chi connectivity index (χ4v) is 2.83. The number of hydrogen-bond acceptors (Lipinski definition) is 4. The van der Waals surface area contributed by atoms with Crippen LogP contribution in [-0.2, 0) is 4.79 Å². The number of aliphatic imine (C=N–C) groups is 1. The molecule has 100 valence electrons. The Hall–Kier alpha value is -2.04. The number of rotatable bonds is 3. The van der Waals surface area contributed by atoms with Gasteiger partial charge in [-0.05, 0) is 19.0 Å². The third kappa shape index (κ3) is 2.16. The van der Waals surface area contributed by atoms with Gasteiger partial charge in [0.25, 0.3) is 5.91 Å². The summed E-state index contributed by atoms with van der Waals surface area (Å²) in [5, 5.41) is 9.19. The van der Waals surface area contributed by atoms with Crippen LogP contribution in [0.25, 0.3) is 0 Å². The summed E-state index contributed by atoms with van der Waals surface area (Å²) in [6.45, 7) is 3.38. The van der Waals surface area contributed by atoms with Gasteiger partial charge in [-0.3, -0.25) is 4.79 Å². The van der Waals surface area contributed by atoms with Crippen molar-refractivity contribution < 1.29 is 4.79 Å². The van der Waals surface area contributed by atoms with E-state index < -0.39 is 0 Å². The molecule has 0 aromatic heterocycles. The summed E-state index contributed by atoms with van der Waals surface area (Å²) >= 11 is 0. The molecule has 3 atom stereocenters. The van der Waals surface area contributed by atoms with Crippen molar-refractivity contribution in [2.45, 2.75) is 6.92 Å². The molecule has 5 nitrogen and oxygen atoms in total. The summed E-state index contributed by atoms with van der Waals surface area (Å²) in [5.41, 5.74) is 0.694. The lowest BCUT2D eigenvalue weighted by molar-refractivity contribution is -0.117. The molecule has 0 aromatic carbocycles. The SMILES string of the molecule is CCNC(=O)C1=CC(C2C=CNC3=NC=CC32)CN1. The van der Waals surface area contributed by atoms with Gasteiger partial charge < -0.3 is 16.0 Å². The van der Waals surface area contributed by atoms with Crippen LogP contribution in [0.5, 0.6) is 0 Å². The van der Waals surface area contributed by atoms with Crippen molar-refractivity contribution >= 4 is 11.7 Å². The highest BCUT2D eigenvalue weighted by Crippen LogP contribution is 2.32. The molecule has 0 spiro atoms. The number of likely N-dealkylation sites (N-methyl/N-ethyl adjacent to an activating group) is 1. The Morgan fingerprint density at radius 1 is 1.53 bits per heavy atom. The van der Waals surface area contributed by atoms with E-state index in [1.165, 1.54) is 0 Å². The molecule has 0 aliphatic carbocycles. The first kappa shape index (κ1) is 12.0. The lowest BCUT2D eigenvalue weighted by Gasteiger charge is -2.28. The summed E-state index contributed by atoms with van der Waals surface area (Å²) < 4.78 is 0. The molecule has 19 heavy (non-hydrogen) atoms. The fraction of sp³-hybridized carbons (Fsp3) is 0.429. The van der Waals surface area contributed by atoms with E-state index in [1.54, 1.807) is 0 Å². The Morgan fingerprint density at radius 3 is 3.26 bits per heavy atom. The van der Waals surface area contributed by atoms with Crippen LogP contribution >= 0.6 is 0 Å². The van der Waals surface area contributed by atoms with Crippen molar-refractivity contribution in [1.82, 2.24) is 16.0 Å². The van der Waals surface area contributed by atoms with Crippen LogP contribution in [-0.4, -0.2) is 24.8 Å². The highest BCUT2D eigenvalue weighted by atomic mass is 16.2. The third-order valence-electron chi connectivity index (χ3n) is 3.77. The molecule has 3 N–H and O–H groups in total. The van der Waals surface area contributed by atoms with Crippen molar-refractivity contribution in [3.63, 3.8) is 0 Å². The number of carbonyl (C=O) groups excluding carboxylic acids is 1. The van der Waals surface area contributed by atoms with Crippen LogP contribution in [0.15, 0.2) is 41.3 Å². The molecule has 0 fully saturated rings. The molecule has 3 rings (SSSR count). The molecule has 0 radical (unpaired) electrons. The van der Waals surface area contributed by atoms with Gasteiger partial charge in [0.1, 0.15) is 5.84 Å². The van der Waals surface area contributed by atoms with Gasteiger partial charge in [0.05, 0.1) is 5.70 Å². The van der Waals surface area contributed by atoms with Crippen LogP contribution in [0.3, 0.4) is 0 Å². The largest absolute Gasteiger partial charge is 0.380 e. The van der Waals surface area contributed by atoms with E-state index in [2.05, 4.69) is 39.2 Å². The van der Waals surface area contributed by atoms with Crippen molar-refractivity contribution in [3.05, 3.63) is 36.3 Å². The summed E-state index contributed by atoms with van der Waals surface area (Å²) in [6, 6.07) is 0. The molecule has 3 heterocycles. The normalized spacial score (nSPS) is 31.1. The van der Waals surface area contributed by atoms with Gasteiger partial charge in [-0.15, -0.1) is 0 Å². The molecule has 0 saturated heterocycles. The van der Waals surface area contributed by atoms with Crippen LogP contribution in [0.4, 0.5) is 0 Å². The standard InChI is InChI=1S/C14H18N4O/c1-2-15-14(19)12-7-9(8-18-12)10-3-5-16-13-11(10)4-6-17-13/h3-7,9-11,18H,2,8H2,1H3,(H,15,19)(H,16,17). The Kier molecular flexibility index (Phi) is 3.11. The second-order valence-electron chi connectivity index (χ2n) is 4.95. The van der Waals surface area contributed by atoms with Crippen LogP contribution < -0.4 is 16.0 Å². The van der Waals surface area contributed by atoms with Gasteiger partial charge in [-0.1, -0.05) is 18.2 Å². The maximum absolute atomic E-state index is 11.8. The van der Waals surface area contributed by atoms with Crippen LogP contribution in [0.2, 0.25) is 0 Å². The molecule has 3 unspecified atom stereocenters. The van der Waals surface area contributed by atoms with Gasteiger partial charge >= 0.3 is 0 Å². The molecular weight excluding hydrogens is 240 g/mol. The van der Waals surface area contributed by atoms with E-state index in [0.29, 0.717) is 30.0 Å². The summed E-state index contributed by atoms with van der Waals surface area (Å²) in [6.07, 6.45) is 10.1. The first-order valence-corrected chi connectivity index (χ1v) is 6.71. The molecule has 1 amide bonds. The molecule has 3 aliphatic rings. The van der Waals surface area contributed by atoms with E-state index in [1.807, 2.05) is 19.3 Å². The summed E-state index contributed by atoms with van der Waals surface area (Å²) in [7, 11) is 0. The molecule has 0 bridgehead atoms. The van der Waals surface area contributed by atoms with E-state index >= 15 is 0 Å². The maximum atomic E-state index is 11.8. The van der Waals surface area contributed by atoms with E-state index in [-0.39, 0.29) is 5.91 Å². The monoisotopic (exact) mass is 258 g/mol. The molecule has 3 aliphatic heterocycles. The van der Waals surface area contributed by atoms with Gasteiger partial charge in [0.15, 0.2) is 0 Å². The average molecular weight is 258 g/mol. The zero-order chi connectivity index (χ0) is 13.2. The van der Waals surface area contributed by atoms with Gasteiger partial charge in [-0.25, -0.2) is 4.99 Å². The minimum Gasteiger partial charge on any atom is -0.380 e. The quantitative estimate of drug-likeness (QED) is 0.690. The predicted molar refractivity (Wildman–Crippen MR) is 74.1 cm³/mol.